The number of hydrogen-bond donors (Lipinski definition) is 0. The highest BCUT2D eigenvalue weighted by Crippen LogP contribution is 2.33. The average molecular weight is 508 g/mol. The van der Waals surface area contributed by atoms with E-state index in [4.69, 9.17) is 0 Å². The maximum absolute atomic E-state index is 13.8. The number of aryl methyl sites for hydroxylation is 1. The molecular weight excluding hydrogens is 466 g/mol. The van der Waals surface area contributed by atoms with Crippen LogP contribution in [-0.2, 0) is 6.54 Å². The van der Waals surface area contributed by atoms with Crippen LogP contribution in [-0.4, -0.2) is 61.9 Å². The van der Waals surface area contributed by atoms with Gasteiger partial charge < -0.3 is 14.7 Å². The lowest BCUT2D eigenvalue weighted by Gasteiger charge is -2.38. The summed E-state index contributed by atoms with van der Waals surface area (Å²) in [6.45, 7) is 7.48. The molecule has 0 amide bonds. The molecule has 4 heteroatoms. The minimum atomic E-state index is 0.0664. The van der Waals surface area contributed by atoms with Crippen molar-refractivity contribution in [3.63, 3.8) is 0 Å². The Hall–Kier alpha value is -3.21. The first-order valence-electron chi connectivity index (χ1n) is 14.1. The van der Waals surface area contributed by atoms with Gasteiger partial charge in [-0.05, 0) is 106 Å². The molecule has 0 atom stereocenters. The van der Waals surface area contributed by atoms with Crippen molar-refractivity contribution >= 4 is 17.5 Å². The second kappa shape index (κ2) is 12.1. The Morgan fingerprint density at radius 1 is 0.921 bits per heavy atom. The number of benzene rings is 3. The monoisotopic (exact) mass is 507 g/mol. The van der Waals surface area contributed by atoms with Crippen molar-refractivity contribution in [3.05, 3.63) is 95.1 Å². The molecular formula is C34H41N3O. The Kier molecular flexibility index (Phi) is 8.41. The Bertz CT molecular complexity index is 1280. The SMILES string of the molecule is Cc1ccccc1-c1ccc(N2CCC(N3CCCC3)CC2)c(C(=O)/C=C/c2ccccc2CN(C)C)c1. The number of carbonyl (C=O) groups is 1. The molecule has 198 valence electrons. The molecule has 0 saturated carbocycles. The summed E-state index contributed by atoms with van der Waals surface area (Å²) in [5.74, 6) is 0.0664. The van der Waals surface area contributed by atoms with Gasteiger partial charge in [0.1, 0.15) is 0 Å². The van der Waals surface area contributed by atoms with Crippen LogP contribution in [0.2, 0.25) is 0 Å². The fraction of sp³-hybridized carbons (Fsp3) is 0.382. The van der Waals surface area contributed by atoms with Gasteiger partial charge in [0.05, 0.1) is 0 Å². The minimum absolute atomic E-state index is 0.0664. The highest BCUT2D eigenvalue weighted by atomic mass is 16.1. The standard InChI is InChI=1S/C34H41N3O/c1-26-10-4-7-13-31(26)28-14-16-33(37-22-18-30(19-23-37)36-20-8-9-21-36)32(24-28)34(38)17-15-27-11-5-6-12-29(27)25-35(2)3/h4-7,10-17,24,30H,8-9,18-23,25H2,1-3H3/b17-15+. The van der Waals surface area contributed by atoms with Crippen molar-refractivity contribution in [2.24, 2.45) is 0 Å². The summed E-state index contributed by atoms with van der Waals surface area (Å²) in [6, 6.07) is 23.9. The van der Waals surface area contributed by atoms with Gasteiger partial charge >= 0.3 is 0 Å². The first kappa shape index (κ1) is 26.4. The van der Waals surface area contributed by atoms with E-state index in [2.05, 4.69) is 96.4 Å². The molecule has 38 heavy (non-hydrogen) atoms. The Balaban J connectivity index is 1.44. The summed E-state index contributed by atoms with van der Waals surface area (Å²) < 4.78 is 0. The molecule has 2 aliphatic rings. The van der Waals surface area contributed by atoms with E-state index >= 15 is 0 Å². The van der Waals surface area contributed by atoms with Crippen LogP contribution in [0.3, 0.4) is 0 Å². The summed E-state index contributed by atoms with van der Waals surface area (Å²) in [4.78, 5) is 21.1. The first-order valence-corrected chi connectivity index (χ1v) is 14.1. The predicted octanol–water partition coefficient (Wildman–Crippen LogP) is 6.68. The van der Waals surface area contributed by atoms with Gasteiger partial charge in [-0.2, -0.15) is 0 Å². The van der Waals surface area contributed by atoms with Crippen molar-refractivity contribution < 1.29 is 4.79 Å². The molecule has 2 heterocycles. The minimum Gasteiger partial charge on any atom is -0.371 e. The number of allylic oxidation sites excluding steroid dienone is 1. The van der Waals surface area contributed by atoms with Crippen LogP contribution in [0.4, 0.5) is 5.69 Å². The lowest BCUT2D eigenvalue weighted by atomic mass is 9.94. The first-order chi connectivity index (χ1) is 18.5. The molecule has 5 rings (SSSR count). The Labute approximate surface area is 228 Å². The zero-order valence-corrected chi connectivity index (χ0v) is 23.2. The van der Waals surface area contributed by atoms with Gasteiger partial charge in [-0.3, -0.25) is 4.79 Å². The van der Waals surface area contributed by atoms with Crippen LogP contribution in [0.5, 0.6) is 0 Å². The lowest BCUT2D eigenvalue weighted by Crippen LogP contribution is -2.44. The zero-order valence-electron chi connectivity index (χ0n) is 23.2. The van der Waals surface area contributed by atoms with Crippen LogP contribution in [0.1, 0.15) is 52.7 Å². The van der Waals surface area contributed by atoms with E-state index in [0.717, 1.165) is 42.0 Å². The molecule has 2 saturated heterocycles. The largest absolute Gasteiger partial charge is 0.371 e. The average Bonchev–Trinajstić information content (AvgIpc) is 3.47. The summed E-state index contributed by atoms with van der Waals surface area (Å²) >= 11 is 0. The Morgan fingerprint density at radius 3 is 2.37 bits per heavy atom. The van der Waals surface area contributed by atoms with E-state index < -0.39 is 0 Å². The van der Waals surface area contributed by atoms with Crippen LogP contribution < -0.4 is 4.90 Å². The van der Waals surface area contributed by atoms with Gasteiger partial charge in [-0.25, -0.2) is 0 Å². The summed E-state index contributed by atoms with van der Waals surface area (Å²) in [7, 11) is 4.14. The van der Waals surface area contributed by atoms with E-state index in [1.54, 1.807) is 6.08 Å². The second-order valence-corrected chi connectivity index (χ2v) is 11.1. The van der Waals surface area contributed by atoms with E-state index in [0.29, 0.717) is 6.04 Å². The molecule has 4 nitrogen and oxygen atoms in total. The fourth-order valence-corrected chi connectivity index (χ4v) is 6.09. The molecule has 0 radical (unpaired) electrons. The zero-order chi connectivity index (χ0) is 26.5. The molecule has 0 spiro atoms. The Morgan fingerprint density at radius 2 is 1.63 bits per heavy atom. The van der Waals surface area contributed by atoms with Crippen LogP contribution in [0.25, 0.3) is 17.2 Å². The third kappa shape index (κ3) is 6.09. The molecule has 0 N–H and O–H groups in total. The van der Waals surface area contributed by atoms with Crippen LogP contribution in [0.15, 0.2) is 72.8 Å². The summed E-state index contributed by atoms with van der Waals surface area (Å²) in [5, 5.41) is 0. The second-order valence-electron chi connectivity index (χ2n) is 11.1. The summed E-state index contributed by atoms with van der Waals surface area (Å²) in [5.41, 5.74) is 7.69. The number of anilines is 1. The van der Waals surface area contributed by atoms with Crippen molar-refractivity contribution in [3.8, 4) is 11.1 Å². The maximum Gasteiger partial charge on any atom is 0.187 e. The van der Waals surface area contributed by atoms with Gasteiger partial charge in [0.25, 0.3) is 0 Å². The number of nitrogens with zero attached hydrogens (tertiary/aromatic N) is 3. The highest BCUT2D eigenvalue weighted by Gasteiger charge is 2.28. The van der Waals surface area contributed by atoms with Crippen LogP contribution in [0, 0.1) is 6.92 Å². The molecule has 0 unspecified atom stereocenters. The molecule has 0 aromatic heterocycles. The van der Waals surface area contributed by atoms with E-state index in [9.17, 15) is 4.79 Å². The van der Waals surface area contributed by atoms with E-state index in [1.165, 1.54) is 55.5 Å². The van der Waals surface area contributed by atoms with Gasteiger partial charge in [0, 0.05) is 36.9 Å². The molecule has 0 bridgehead atoms. The van der Waals surface area contributed by atoms with Gasteiger partial charge in [-0.15, -0.1) is 0 Å². The smallest absolute Gasteiger partial charge is 0.187 e. The molecule has 2 fully saturated rings. The molecule has 3 aromatic carbocycles. The third-order valence-corrected chi connectivity index (χ3v) is 8.14. The van der Waals surface area contributed by atoms with Gasteiger partial charge in [-0.1, -0.05) is 60.7 Å². The summed E-state index contributed by atoms with van der Waals surface area (Å²) in [6.07, 6.45) is 8.77. The van der Waals surface area contributed by atoms with Gasteiger partial charge in [0.2, 0.25) is 0 Å². The predicted molar refractivity (Wildman–Crippen MR) is 160 cm³/mol. The molecule has 3 aromatic rings. The topological polar surface area (TPSA) is 26.8 Å². The number of ketones is 1. The van der Waals surface area contributed by atoms with Crippen molar-refractivity contribution in [1.82, 2.24) is 9.80 Å². The van der Waals surface area contributed by atoms with Gasteiger partial charge in [0.15, 0.2) is 5.78 Å². The lowest BCUT2D eigenvalue weighted by molar-refractivity contribution is 0.104. The van der Waals surface area contributed by atoms with Crippen molar-refractivity contribution in [2.45, 2.75) is 45.2 Å². The number of rotatable bonds is 8. The fourth-order valence-electron chi connectivity index (χ4n) is 6.09. The maximum atomic E-state index is 13.8. The molecule has 2 aliphatic heterocycles. The van der Waals surface area contributed by atoms with E-state index in [1.807, 2.05) is 12.1 Å². The number of piperidine rings is 1. The van der Waals surface area contributed by atoms with Crippen LogP contribution >= 0.6 is 0 Å². The number of likely N-dealkylation sites (tertiary alicyclic amines) is 1. The van der Waals surface area contributed by atoms with E-state index in [-0.39, 0.29) is 5.78 Å². The number of carbonyl (C=O) groups excluding carboxylic acids is 1. The highest BCUT2D eigenvalue weighted by molar-refractivity contribution is 6.11. The third-order valence-electron chi connectivity index (χ3n) is 8.14. The molecule has 0 aliphatic carbocycles. The quantitative estimate of drug-likeness (QED) is 0.251. The van der Waals surface area contributed by atoms with Crippen molar-refractivity contribution in [1.29, 1.82) is 0 Å². The normalized spacial score (nSPS) is 17.1. The number of hydrogen-bond acceptors (Lipinski definition) is 4. The van der Waals surface area contributed by atoms with Crippen molar-refractivity contribution in [2.75, 3.05) is 45.2 Å².